The number of alkyl halides is 1. The maximum atomic E-state index is 10.4. The molecule has 0 spiro atoms. The molecule has 0 unspecified atom stereocenters. The molecular weight excluding hydrogens is 235 g/mol. The molecule has 6 heteroatoms. The van der Waals surface area contributed by atoms with Gasteiger partial charge in [-0.2, -0.15) is 0 Å². The third-order valence-corrected chi connectivity index (χ3v) is 3.46. The average molecular weight is 247 g/mol. The Labute approximate surface area is 74.3 Å². The lowest BCUT2D eigenvalue weighted by atomic mass is 10.2. The first-order chi connectivity index (χ1) is 4.83. The third-order valence-electron chi connectivity index (χ3n) is 1.34. The van der Waals surface area contributed by atoms with Crippen molar-refractivity contribution in [2.75, 3.05) is 0 Å². The first kappa shape index (κ1) is 11.6. The van der Waals surface area contributed by atoms with Crippen LogP contribution in [-0.2, 0) is 9.09 Å². The van der Waals surface area contributed by atoms with E-state index in [0.29, 0.717) is 12.8 Å². The normalized spacial score (nSPS) is 13.5. The van der Waals surface area contributed by atoms with Gasteiger partial charge in [0.25, 0.3) is 0 Å². The van der Waals surface area contributed by atoms with Gasteiger partial charge in [-0.05, 0) is 12.8 Å². The zero-order valence-electron chi connectivity index (χ0n) is 6.45. The summed E-state index contributed by atoms with van der Waals surface area (Å²) in [5.74, 6) is 0. The Hall–Kier alpha value is 0.590. The van der Waals surface area contributed by atoms with Crippen LogP contribution >= 0.6 is 23.8 Å². The molecule has 0 saturated heterocycles. The number of rotatable bonds is 4. The maximum absolute atomic E-state index is 10.4. The Morgan fingerprint density at radius 2 is 1.82 bits per heavy atom. The van der Waals surface area contributed by atoms with Crippen molar-refractivity contribution >= 4 is 23.8 Å². The Balaban J connectivity index is 4.20. The number of phosphoric ester groups is 1. The van der Waals surface area contributed by atoms with Gasteiger partial charge in [0, 0.05) is 0 Å². The van der Waals surface area contributed by atoms with Gasteiger partial charge >= 0.3 is 7.82 Å². The van der Waals surface area contributed by atoms with Crippen molar-refractivity contribution < 1.29 is 18.9 Å². The van der Waals surface area contributed by atoms with Crippen molar-refractivity contribution in [2.24, 2.45) is 0 Å². The first-order valence-corrected chi connectivity index (χ1v) is 5.60. The lowest BCUT2D eigenvalue weighted by Gasteiger charge is -2.24. The van der Waals surface area contributed by atoms with Crippen LogP contribution < -0.4 is 0 Å². The number of phosphoric acid groups is 1. The molecule has 0 fully saturated rings. The van der Waals surface area contributed by atoms with E-state index in [9.17, 15) is 4.57 Å². The SMILES string of the molecule is CCC(Br)(CC)OP(=O)(O)O. The smallest absolute Gasteiger partial charge is 0.303 e. The summed E-state index contributed by atoms with van der Waals surface area (Å²) < 4.78 is 14.0. The Morgan fingerprint density at radius 1 is 1.45 bits per heavy atom. The predicted octanol–water partition coefficient (Wildman–Crippen LogP) is 2.01. The van der Waals surface area contributed by atoms with Crippen molar-refractivity contribution in [1.82, 2.24) is 0 Å². The van der Waals surface area contributed by atoms with Crippen LogP contribution in [0.5, 0.6) is 0 Å². The van der Waals surface area contributed by atoms with Crippen molar-refractivity contribution in [1.29, 1.82) is 0 Å². The Morgan fingerprint density at radius 3 is 1.91 bits per heavy atom. The zero-order valence-corrected chi connectivity index (χ0v) is 8.93. The second-order valence-electron chi connectivity index (χ2n) is 2.17. The molecule has 0 saturated carbocycles. The molecule has 0 aliphatic rings. The van der Waals surface area contributed by atoms with Gasteiger partial charge in [0.05, 0.1) is 0 Å². The van der Waals surface area contributed by atoms with Crippen LogP contribution in [0.3, 0.4) is 0 Å². The van der Waals surface area contributed by atoms with Gasteiger partial charge in [-0.3, -0.25) is 4.52 Å². The molecule has 0 aliphatic heterocycles. The lowest BCUT2D eigenvalue weighted by molar-refractivity contribution is 0.107. The molecule has 2 N–H and O–H groups in total. The molecule has 0 aromatic rings. The molecule has 0 radical (unpaired) electrons. The fourth-order valence-electron chi connectivity index (χ4n) is 0.592. The molecule has 0 aliphatic carbocycles. The average Bonchev–Trinajstić information content (AvgIpc) is 1.84. The van der Waals surface area contributed by atoms with Crippen molar-refractivity contribution in [2.45, 2.75) is 31.2 Å². The van der Waals surface area contributed by atoms with E-state index in [1.54, 1.807) is 13.8 Å². The van der Waals surface area contributed by atoms with Gasteiger partial charge in [0.15, 0.2) is 0 Å². The summed E-state index contributed by atoms with van der Waals surface area (Å²) in [5, 5.41) is 0. The summed E-state index contributed by atoms with van der Waals surface area (Å²) >= 11 is 3.10. The van der Waals surface area contributed by atoms with Crippen LogP contribution in [-0.4, -0.2) is 14.3 Å². The molecule has 0 atom stereocenters. The monoisotopic (exact) mass is 246 g/mol. The highest BCUT2D eigenvalue weighted by Gasteiger charge is 2.31. The van der Waals surface area contributed by atoms with Crippen LogP contribution in [0, 0.1) is 0 Å². The molecule has 0 rings (SSSR count). The van der Waals surface area contributed by atoms with Gasteiger partial charge in [-0.15, -0.1) is 0 Å². The third kappa shape index (κ3) is 4.93. The molecule has 0 amide bonds. The number of halogens is 1. The van der Waals surface area contributed by atoms with E-state index in [0.717, 1.165) is 0 Å². The summed E-state index contributed by atoms with van der Waals surface area (Å²) in [5.41, 5.74) is 0. The molecule has 68 valence electrons. The van der Waals surface area contributed by atoms with Crippen LogP contribution in [0.4, 0.5) is 0 Å². The van der Waals surface area contributed by atoms with E-state index in [1.165, 1.54) is 0 Å². The second-order valence-corrected chi connectivity index (χ2v) is 4.78. The summed E-state index contributed by atoms with van der Waals surface area (Å²) in [6.07, 6.45) is 1.02. The lowest BCUT2D eigenvalue weighted by Crippen LogP contribution is -2.20. The standard InChI is InChI=1S/C5H12BrO4P/c1-3-5(6,4-2)10-11(7,8)9/h3-4H2,1-2H3,(H2,7,8,9). The van der Waals surface area contributed by atoms with Gasteiger partial charge < -0.3 is 9.79 Å². The first-order valence-electron chi connectivity index (χ1n) is 3.28. The van der Waals surface area contributed by atoms with Crippen LogP contribution in [0.1, 0.15) is 26.7 Å². The quantitative estimate of drug-likeness (QED) is 0.589. The molecule has 4 nitrogen and oxygen atoms in total. The molecule has 0 aromatic heterocycles. The maximum Gasteiger partial charge on any atom is 0.470 e. The molecule has 11 heavy (non-hydrogen) atoms. The Bertz CT molecular complexity index is 162. The summed E-state index contributed by atoms with van der Waals surface area (Å²) in [6, 6.07) is 0. The molecule has 0 aromatic carbocycles. The largest absolute Gasteiger partial charge is 0.470 e. The van der Waals surface area contributed by atoms with Crippen molar-refractivity contribution in [3.63, 3.8) is 0 Å². The van der Waals surface area contributed by atoms with E-state index in [4.69, 9.17) is 9.79 Å². The number of hydrogen-bond acceptors (Lipinski definition) is 2. The van der Waals surface area contributed by atoms with Gasteiger partial charge in [-0.25, -0.2) is 4.57 Å². The molecule has 0 bridgehead atoms. The number of hydrogen-bond donors (Lipinski definition) is 2. The highest BCUT2D eigenvalue weighted by molar-refractivity contribution is 9.10. The van der Waals surface area contributed by atoms with E-state index in [2.05, 4.69) is 20.5 Å². The van der Waals surface area contributed by atoms with E-state index < -0.39 is 12.3 Å². The Kier molecular flexibility index (Phi) is 4.22. The van der Waals surface area contributed by atoms with E-state index in [1.807, 2.05) is 0 Å². The fraction of sp³-hybridized carbons (Fsp3) is 1.00. The van der Waals surface area contributed by atoms with Crippen LogP contribution in [0.15, 0.2) is 0 Å². The summed E-state index contributed by atoms with van der Waals surface area (Å²) in [4.78, 5) is 16.9. The van der Waals surface area contributed by atoms with Crippen molar-refractivity contribution in [3.8, 4) is 0 Å². The van der Waals surface area contributed by atoms with Crippen LogP contribution in [0.2, 0.25) is 0 Å². The van der Waals surface area contributed by atoms with Gasteiger partial charge in [0.1, 0.15) is 4.51 Å². The molecule has 0 heterocycles. The predicted molar refractivity (Wildman–Crippen MR) is 45.4 cm³/mol. The topological polar surface area (TPSA) is 66.8 Å². The van der Waals surface area contributed by atoms with E-state index >= 15 is 0 Å². The fourth-order valence-corrected chi connectivity index (χ4v) is 1.84. The van der Waals surface area contributed by atoms with E-state index in [-0.39, 0.29) is 0 Å². The summed E-state index contributed by atoms with van der Waals surface area (Å²) in [7, 11) is -4.37. The minimum absolute atomic E-state index is 0.509. The van der Waals surface area contributed by atoms with Crippen molar-refractivity contribution in [3.05, 3.63) is 0 Å². The second kappa shape index (κ2) is 4.01. The van der Waals surface area contributed by atoms with Crippen LogP contribution in [0.25, 0.3) is 0 Å². The minimum atomic E-state index is -4.37. The van der Waals surface area contributed by atoms with Gasteiger partial charge in [-0.1, -0.05) is 29.8 Å². The zero-order chi connectivity index (χ0) is 9.12. The van der Waals surface area contributed by atoms with Gasteiger partial charge in [0.2, 0.25) is 0 Å². The summed E-state index contributed by atoms with van der Waals surface area (Å²) in [6.45, 7) is 3.57. The highest BCUT2D eigenvalue weighted by Crippen LogP contribution is 2.46. The minimum Gasteiger partial charge on any atom is -0.303 e. The highest BCUT2D eigenvalue weighted by atomic mass is 79.9. The molecular formula is C5H12BrO4P.